The summed E-state index contributed by atoms with van der Waals surface area (Å²) in [6, 6.07) is 9.98. The number of imide groups is 1. The third-order valence-electron chi connectivity index (χ3n) is 7.28. The van der Waals surface area contributed by atoms with E-state index in [1.807, 2.05) is 31.3 Å². The molecule has 2 heterocycles. The Morgan fingerprint density at radius 1 is 1.21 bits per heavy atom. The molecule has 1 aliphatic carbocycles. The first-order chi connectivity index (χ1) is 18.8. The fourth-order valence-electron chi connectivity index (χ4n) is 5.11. The van der Waals surface area contributed by atoms with Gasteiger partial charge in [0.05, 0.1) is 16.8 Å². The van der Waals surface area contributed by atoms with Crippen molar-refractivity contribution < 1.29 is 19.2 Å². The van der Waals surface area contributed by atoms with Crippen molar-refractivity contribution in [3.63, 3.8) is 0 Å². The molecule has 39 heavy (non-hydrogen) atoms. The van der Waals surface area contributed by atoms with Gasteiger partial charge in [-0.05, 0) is 75.3 Å². The number of nitrogens with one attached hydrogen (secondary N) is 3. The van der Waals surface area contributed by atoms with Crippen LogP contribution in [0.1, 0.15) is 70.6 Å². The molecule has 4 rings (SSSR count). The minimum Gasteiger partial charge on any atom is -0.388 e. The van der Waals surface area contributed by atoms with Gasteiger partial charge in [0.25, 0.3) is 11.8 Å². The molecule has 1 aromatic carbocycles. The number of anilines is 1. The number of pyridine rings is 1. The lowest BCUT2D eigenvalue weighted by Crippen LogP contribution is -2.47. The molecule has 10 nitrogen and oxygen atoms in total. The number of amides is 3. The lowest BCUT2D eigenvalue weighted by molar-refractivity contribution is -0.122. The Morgan fingerprint density at radius 2 is 1.97 bits per heavy atom. The van der Waals surface area contributed by atoms with Gasteiger partial charge in [0, 0.05) is 48.4 Å². The monoisotopic (exact) mass is 530 g/mol. The fourth-order valence-corrected chi connectivity index (χ4v) is 5.11. The number of allylic oxidation sites excluding steroid dienone is 1. The highest BCUT2D eigenvalue weighted by molar-refractivity contribution is 6.23. The van der Waals surface area contributed by atoms with Crippen LogP contribution in [0.3, 0.4) is 0 Å². The van der Waals surface area contributed by atoms with Crippen molar-refractivity contribution in [2.24, 2.45) is 11.7 Å². The van der Waals surface area contributed by atoms with Crippen LogP contribution in [0.2, 0.25) is 0 Å². The fraction of sp³-hybridized carbons (Fsp3) is 0.379. The standard InChI is InChI=1S/C29H34N6O4/c1-18-5-2-7-25(34-18)20(16-30)17-33-22-13-19(14-22)6-3-11-32-21-9-10-23-24(15-21)29(39)35(28(23)38)26(27(31)37)8-4-12-36/h2,5,7,9-10,12,15-17,19,22,26,30,32-33H,3-4,6,8,11,13-14H2,1H3,(H2,31,37)/b20-17+,30-16?. The molecule has 0 spiro atoms. The number of aryl methyl sites for hydroxylation is 1. The van der Waals surface area contributed by atoms with E-state index in [4.69, 9.17) is 11.1 Å². The van der Waals surface area contributed by atoms with E-state index in [1.54, 1.807) is 18.2 Å². The lowest BCUT2D eigenvalue weighted by Gasteiger charge is -2.36. The van der Waals surface area contributed by atoms with E-state index < -0.39 is 23.8 Å². The maximum absolute atomic E-state index is 12.9. The minimum absolute atomic E-state index is 0.0109. The van der Waals surface area contributed by atoms with E-state index >= 15 is 0 Å². The van der Waals surface area contributed by atoms with E-state index in [0.717, 1.165) is 59.8 Å². The van der Waals surface area contributed by atoms with Gasteiger partial charge < -0.3 is 26.6 Å². The zero-order chi connectivity index (χ0) is 27.9. The van der Waals surface area contributed by atoms with Gasteiger partial charge in [0.2, 0.25) is 5.91 Å². The first-order valence-corrected chi connectivity index (χ1v) is 13.2. The van der Waals surface area contributed by atoms with Crippen molar-refractivity contribution in [2.45, 2.75) is 57.5 Å². The summed E-state index contributed by atoms with van der Waals surface area (Å²) < 4.78 is 0. The highest BCUT2D eigenvalue weighted by Crippen LogP contribution is 2.32. The third-order valence-corrected chi connectivity index (χ3v) is 7.28. The number of rotatable bonds is 14. The number of aromatic nitrogens is 1. The molecule has 0 saturated heterocycles. The Bertz CT molecular complexity index is 1300. The van der Waals surface area contributed by atoms with Crippen molar-refractivity contribution in [3.05, 3.63) is 65.1 Å². The van der Waals surface area contributed by atoms with Crippen molar-refractivity contribution >= 4 is 41.5 Å². The molecule has 1 aliphatic heterocycles. The zero-order valence-corrected chi connectivity index (χ0v) is 22.0. The van der Waals surface area contributed by atoms with Crippen LogP contribution >= 0.6 is 0 Å². The van der Waals surface area contributed by atoms with Gasteiger partial charge in [-0.3, -0.25) is 24.3 Å². The maximum Gasteiger partial charge on any atom is 0.262 e. The summed E-state index contributed by atoms with van der Waals surface area (Å²) in [6.45, 7) is 2.65. The molecule has 1 unspecified atom stereocenters. The van der Waals surface area contributed by atoms with E-state index in [2.05, 4.69) is 15.6 Å². The van der Waals surface area contributed by atoms with Crippen LogP contribution in [-0.4, -0.2) is 58.7 Å². The molecular weight excluding hydrogens is 496 g/mol. The van der Waals surface area contributed by atoms with Gasteiger partial charge >= 0.3 is 0 Å². The van der Waals surface area contributed by atoms with E-state index in [9.17, 15) is 19.2 Å². The molecule has 204 valence electrons. The number of fused-ring (bicyclic) bond motifs is 1. The number of benzene rings is 1. The first-order valence-electron chi connectivity index (χ1n) is 13.2. The molecule has 2 aliphatic rings. The average Bonchev–Trinajstić information content (AvgIpc) is 3.14. The first kappa shape index (κ1) is 27.7. The van der Waals surface area contributed by atoms with Crippen LogP contribution in [0.5, 0.6) is 0 Å². The molecule has 1 fully saturated rings. The lowest BCUT2D eigenvalue weighted by atomic mass is 9.77. The average molecular weight is 531 g/mol. The number of primary amides is 1. The maximum atomic E-state index is 12.9. The van der Waals surface area contributed by atoms with E-state index in [0.29, 0.717) is 18.2 Å². The van der Waals surface area contributed by atoms with Crippen LogP contribution < -0.4 is 16.4 Å². The Kier molecular flexibility index (Phi) is 8.85. The summed E-state index contributed by atoms with van der Waals surface area (Å²) in [5, 5.41) is 14.4. The predicted molar refractivity (Wildman–Crippen MR) is 148 cm³/mol. The Morgan fingerprint density at radius 3 is 2.67 bits per heavy atom. The number of carbonyl (C=O) groups excluding carboxylic acids is 4. The molecule has 0 radical (unpaired) electrons. The highest BCUT2D eigenvalue weighted by atomic mass is 16.2. The smallest absolute Gasteiger partial charge is 0.262 e. The summed E-state index contributed by atoms with van der Waals surface area (Å²) >= 11 is 0. The quantitative estimate of drug-likeness (QED) is 0.126. The molecule has 0 bridgehead atoms. The number of carbonyl (C=O) groups is 4. The van der Waals surface area contributed by atoms with Crippen LogP contribution in [0, 0.1) is 18.3 Å². The summed E-state index contributed by atoms with van der Waals surface area (Å²) in [7, 11) is 0. The highest BCUT2D eigenvalue weighted by Gasteiger charge is 2.42. The van der Waals surface area contributed by atoms with Crippen LogP contribution in [0.25, 0.3) is 5.57 Å². The topological polar surface area (TPSA) is 158 Å². The molecule has 10 heteroatoms. The summed E-state index contributed by atoms with van der Waals surface area (Å²) in [4.78, 5) is 53.7. The van der Waals surface area contributed by atoms with Gasteiger partial charge in [-0.2, -0.15) is 0 Å². The van der Waals surface area contributed by atoms with Crippen LogP contribution in [0.4, 0.5) is 5.69 Å². The normalized spacial score (nSPS) is 19.2. The molecule has 5 N–H and O–H groups in total. The van der Waals surface area contributed by atoms with Gasteiger partial charge in [-0.15, -0.1) is 0 Å². The van der Waals surface area contributed by atoms with Crippen molar-refractivity contribution in [1.82, 2.24) is 15.2 Å². The molecule has 1 atom stereocenters. The number of hydrogen-bond donors (Lipinski definition) is 4. The molecular formula is C29H34N6O4. The second-order valence-electron chi connectivity index (χ2n) is 10.1. The number of aldehydes is 1. The number of nitrogens with zero attached hydrogens (tertiary/aromatic N) is 2. The number of nitrogens with two attached hydrogens (primary N) is 1. The minimum atomic E-state index is -1.15. The second-order valence-corrected chi connectivity index (χ2v) is 10.1. The van der Waals surface area contributed by atoms with Crippen LogP contribution in [-0.2, 0) is 9.59 Å². The second kappa shape index (κ2) is 12.5. The SMILES string of the molecule is Cc1cccc(/C(C=N)=C/NC2CC(CCCNc3ccc4c(c3)C(=O)N(C(CCC=O)C(N)=O)C4=O)C2)n1. The van der Waals surface area contributed by atoms with Crippen LogP contribution in [0.15, 0.2) is 42.6 Å². The molecule has 1 aromatic heterocycles. The molecule has 1 saturated carbocycles. The van der Waals surface area contributed by atoms with E-state index in [1.165, 1.54) is 6.21 Å². The van der Waals surface area contributed by atoms with Gasteiger partial charge in [0.15, 0.2) is 0 Å². The van der Waals surface area contributed by atoms with Gasteiger partial charge in [-0.1, -0.05) is 6.07 Å². The zero-order valence-electron chi connectivity index (χ0n) is 22.0. The summed E-state index contributed by atoms with van der Waals surface area (Å²) in [5.41, 5.74) is 9.06. The largest absolute Gasteiger partial charge is 0.388 e. The molecule has 2 aromatic rings. The predicted octanol–water partition coefficient (Wildman–Crippen LogP) is 3.07. The number of hydrogen-bond acceptors (Lipinski definition) is 8. The van der Waals surface area contributed by atoms with Crippen molar-refractivity contribution in [1.29, 1.82) is 5.41 Å². The summed E-state index contributed by atoms with van der Waals surface area (Å²) in [6.07, 6.45) is 8.03. The summed E-state index contributed by atoms with van der Waals surface area (Å²) in [5.74, 6) is -1.32. The Hall–Kier alpha value is -4.34. The van der Waals surface area contributed by atoms with Gasteiger partial charge in [-0.25, -0.2) is 0 Å². The Labute approximate surface area is 227 Å². The van der Waals surface area contributed by atoms with Crippen molar-refractivity contribution in [3.8, 4) is 0 Å². The van der Waals surface area contributed by atoms with Gasteiger partial charge in [0.1, 0.15) is 12.3 Å². The Balaban J connectivity index is 1.22. The van der Waals surface area contributed by atoms with E-state index in [-0.39, 0.29) is 24.0 Å². The van der Waals surface area contributed by atoms with Crippen molar-refractivity contribution in [2.75, 3.05) is 11.9 Å². The molecule has 3 amide bonds. The third kappa shape index (κ3) is 6.39.